The molecule has 5 aliphatic rings. The van der Waals surface area contributed by atoms with Gasteiger partial charge in [0.15, 0.2) is 0 Å². The van der Waals surface area contributed by atoms with Crippen molar-refractivity contribution in [2.45, 2.75) is 105 Å². The Morgan fingerprint density at radius 2 is 1.86 bits per heavy atom. The quantitative estimate of drug-likeness (QED) is 0.191. The molecule has 0 amide bonds. The minimum Gasteiger partial charge on any atom is -0.481 e. The van der Waals surface area contributed by atoms with Gasteiger partial charge in [-0.05, 0) is 78.4 Å². The number of allylic oxidation sites excluding steroid dienone is 1. The van der Waals surface area contributed by atoms with E-state index in [1.807, 2.05) is 7.11 Å². The predicted octanol–water partition coefficient (Wildman–Crippen LogP) is 4.88. The van der Waals surface area contributed by atoms with Crippen molar-refractivity contribution < 1.29 is 29.2 Å². The van der Waals surface area contributed by atoms with Crippen LogP contribution in [0.5, 0.6) is 0 Å². The van der Waals surface area contributed by atoms with Gasteiger partial charge in [0.25, 0.3) is 0 Å². The summed E-state index contributed by atoms with van der Waals surface area (Å²) in [5.41, 5.74) is 6.42. The lowest BCUT2D eigenvalue weighted by Crippen LogP contribution is -2.70. The monoisotopic (exact) mass is 618 g/mol. The molecule has 0 aromatic rings. The van der Waals surface area contributed by atoms with Crippen molar-refractivity contribution >= 4 is 5.97 Å². The number of aliphatic hydroxyl groups is 1. The molecule has 5 N–H and O–H groups in total. The summed E-state index contributed by atoms with van der Waals surface area (Å²) in [5.74, 6) is 0.541. The summed E-state index contributed by atoms with van der Waals surface area (Å²) in [6, 6.07) is -0.272. The fourth-order valence-corrected chi connectivity index (χ4v) is 11.7. The molecule has 5 rings (SSSR count). The lowest BCUT2D eigenvalue weighted by molar-refractivity contribution is -0.266. The standard InChI is InChI=1S/C36H62N2O6/c1-22(2)23(3)32(4)13-14-34(6)25-9-10-28-33(5)20-43-21-36(28,26(25)11-12-35(34,7)29(32)31(40)41)17-27(42-8)30(33)44-16-15-38-18-24(37)19-39/h11,22-25,27-30,38-39H,9-10,12-21,37H2,1-8H3,(H,40,41)/t23-,24-,25+,27-,28?,29-,30+,32-,33+,34-,35+,36+/m1/s1. The summed E-state index contributed by atoms with van der Waals surface area (Å²) >= 11 is 0. The van der Waals surface area contributed by atoms with Crippen molar-refractivity contribution in [2.24, 2.45) is 62.4 Å². The summed E-state index contributed by atoms with van der Waals surface area (Å²) in [5, 5.41) is 23.5. The Morgan fingerprint density at radius 1 is 1.14 bits per heavy atom. The second-order valence-corrected chi connectivity index (χ2v) is 16.8. The van der Waals surface area contributed by atoms with Crippen LogP contribution in [0, 0.1) is 56.7 Å². The van der Waals surface area contributed by atoms with Crippen LogP contribution in [-0.4, -0.2) is 81.1 Å². The van der Waals surface area contributed by atoms with Gasteiger partial charge in [-0.3, -0.25) is 4.79 Å². The number of rotatable bonds is 11. The summed E-state index contributed by atoms with van der Waals surface area (Å²) < 4.78 is 19.5. The Balaban J connectivity index is 1.47. The van der Waals surface area contributed by atoms with E-state index in [0.717, 1.165) is 38.5 Å². The van der Waals surface area contributed by atoms with Crippen molar-refractivity contribution in [3.8, 4) is 0 Å². The molecule has 252 valence electrons. The van der Waals surface area contributed by atoms with Gasteiger partial charge in [-0.25, -0.2) is 0 Å². The first-order valence-electron chi connectivity index (χ1n) is 17.4. The Bertz CT molecular complexity index is 1100. The average Bonchev–Trinajstić information content (AvgIpc) is 2.97. The number of nitrogens with two attached hydrogens (primary N) is 1. The minimum atomic E-state index is -0.615. The molecule has 0 radical (unpaired) electrons. The van der Waals surface area contributed by atoms with Crippen LogP contribution in [0.1, 0.15) is 87.0 Å². The van der Waals surface area contributed by atoms with Gasteiger partial charge >= 0.3 is 5.97 Å². The Hall–Kier alpha value is -1.03. The minimum absolute atomic E-state index is 0.0379. The second kappa shape index (κ2) is 12.2. The van der Waals surface area contributed by atoms with Gasteiger partial charge in [-0.15, -0.1) is 0 Å². The van der Waals surface area contributed by atoms with E-state index in [0.29, 0.717) is 56.6 Å². The maximum Gasteiger partial charge on any atom is 0.307 e. The number of ether oxygens (including phenoxy) is 3. The van der Waals surface area contributed by atoms with E-state index in [4.69, 9.17) is 19.9 Å². The smallest absolute Gasteiger partial charge is 0.307 e. The maximum atomic E-state index is 13.3. The van der Waals surface area contributed by atoms with Crippen molar-refractivity contribution in [3.63, 3.8) is 0 Å². The molecule has 2 bridgehead atoms. The normalized spacial score (nSPS) is 46.3. The molecule has 3 saturated carbocycles. The summed E-state index contributed by atoms with van der Waals surface area (Å²) in [6.45, 7) is 19.3. The van der Waals surface area contributed by atoms with E-state index in [1.165, 1.54) is 5.57 Å². The first-order chi connectivity index (χ1) is 20.7. The predicted molar refractivity (Wildman–Crippen MR) is 172 cm³/mol. The molecule has 12 atom stereocenters. The van der Waals surface area contributed by atoms with Gasteiger partial charge in [0, 0.05) is 37.1 Å². The molecule has 1 saturated heterocycles. The van der Waals surface area contributed by atoms with Crippen molar-refractivity contribution in [1.82, 2.24) is 5.32 Å². The van der Waals surface area contributed by atoms with Gasteiger partial charge in [-0.2, -0.15) is 0 Å². The number of fused-ring (bicyclic) bond motifs is 3. The van der Waals surface area contributed by atoms with Gasteiger partial charge in [0.2, 0.25) is 0 Å². The van der Waals surface area contributed by atoms with Crippen LogP contribution in [-0.2, 0) is 19.0 Å². The Labute approximate surface area is 266 Å². The number of hydrogen-bond acceptors (Lipinski definition) is 7. The van der Waals surface area contributed by atoms with Crippen LogP contribution >= 0.6 is 0 Å². The Morgan fingerprint density at radius 3 is 2.50 bits per heavy atom. The molecule has 1 unspecified atom stereocenters. The van der Waals surface area contributed by atoms with Crippen molar-refractivity contribution in [1.29, 1.82) is 0 Å². The number of carboxylic acids is 1. The number of hydrogen-bond donors (Lipinski definition) is 4. The van der Waals surface area contributed by atoms with E-state index >= 15 is 0 Å². The first-order valence-corrected chi connectivity index (χ1v) is 17.4. The zero-order chi connectivity index (χ0) is 32.3. The van der Waals surface area contributed by atoms with Gasteiger partial charge in [0.1, 0.15) is 0 Å². The number of aliphatic hydroxyl groups excluding tert-OH is 1. The number of nitrogens with one attached hydrogen (secondary N) is 1. The zero-order valence-corrected chi connectivity index (χ0v) is 28.8. The number of carbonyl (C=O) groups is 1. The summed E-state index contributed by atoms with van der Waals surface area (Å²) in [7, 11) is 1.82. The van der Waals surface area contributed by atoms with Crippen LogP contribution in [0.25, 0.3) is 0 Å². The number of methoxy groups -OCH3 is 1. The fourth-order valence-electron chi connectivity index (χ4n) is 11.7. The van der Waals surface area contributed by atoms with Crippen LogP contribution < -0.4 is 11.1 Å². The van der Waals surface area contributed by atoms with Gasteiger partial charge in [-0.1, -0.05) is 60.1 Å². The van der Waals surface area contributed by atoms with E-state index in [1.54, 1.807) is 0 Å². The first kappa shape index (κ1) is 34.3. The second-order valence-electron chi connectivity index (χ2n) is 16.8. The molecule has 44 heavy (non-hydrogen) atoms. The highest BCUT2D eigenvalue weighted by Crippen LogP contribution is 2.75. The van der Waals surface area contributed by atoms with Crippen LogP contribution in [0.4, 0.5) is 0 Å². The average molecular weight is 619 g/mol. The van der Waals surface area contributed by atoms with Crippen LogP contribution in [0.2, 0.25) is 0 Å². The lowest BCUT2D eigenvalue weighted by atomic mass is 9.34. The topological polar surface area (TPSA) is 123 Å². The van der Waals surface area contributed by atoms with Gasteiger partial charge < -0.3 is 35.5 Å². The molecule has 1 aliphatic heterocycles. The number of carboxylic acid groups (broad SMARTS) is 1. The molecule has 4 aliphatic carbocycles. The van der Waals surface area contributed by atoms with E-state index in [9.17, 15) is 15.0 Å². The Kier molecular flexibility index (Phi) is 9.52. The summed E-state index contributed by atoms with van der Waals surface area (Å²) in [6.07, 6.45) is 8.26. The third-order valence-corrected chi connectivity index (χ3v) is 14.6. The SMILES string of the molecule is CO[C@@H]1C[C@@]23COC[C@@](C)(C2CC[C@H]2C3=CC[C@@]3(C)[C@H](C(=O)O)[C@@](C)([C@H](C)C(C)C)CC[C@]23C)[C@H]1OCCNC[C@@H](N)CO. The van der Waals surface area contributed by atoms with Crippen LogP contribution in [0.3, 0.4) is 0 Å². The molecule has 0 spiro atoms. The van der Waals surface area contributed by atoms with E-state index < -0.39 is 5.97 Å². The van der Waals surface area contributed by atoms with E-state index in [-0.39, 0.29) is 57.8 Å². The third kappa shape index (κ3) is 4.95. The van der Waals surface area contributed by atoms with Gasteiger partial charge in [0.05, 0.1) is 44.6 Å². The molecule has 8 heteroatoms. The molecule has 4 fully saturated rings. The lowest BCUT2D eigenvalue weighted by Gasteiger charge is -2.71. The highest BCUT2D eigenvalue weighted by molar-refractivity contribution is 5.73. The van der Waals surface area contributed by atoms with Crippen LogP contribution in [0.15, 0.2) is 11.6 Å². The fraction of sp³-hybridized carbons (Fsp3) is 0.917. The highest BCUT2D eigenvalue weighted by atomic mass is 16.5. The third-order valence-electron chi connectivity index (χ3n) is 14.6. The number of aliphatic carboxylic acids is 1. The molecule has 8 nitrogen and oxygen atoms in total. The van der Waals surface area contributed by atoms with E-state index in [2.05, 4.69) is 59.9 Å². The summed E-state index contributed by atoms with van der Waals surface area (Å²) in [4.78, 5) is 13.3. The molecule has 1 heterocycles. The van der Waals surface area contributed by atoms with Crippen molar-refractivity contribution in [2.75, 3.05) is 46.6 Å². The zero-order valence-electron chi connectivity index (χ0n) is 28.8. The maximum absolute atomic E-state index is 13.3. The van der Waals surface area contributed by atoms with Crippen molar-refractivity contribution in [3.05, 3.63) is 11.6 Å². The molecular weight excluding hydrogens is 556 g/mol. The largest absolute Gasteiger partial charge is 0.481 e. The highest BCUT2D eigenvalue weighted by Gasteiger charge is 2.71. The molecule has 0 aromatic heterocycles. The molecular formula is C36H62N2O6. The molecule has 0 aromatic carbocycles.